The molecule has 248 valence electrons. The highest BCUT2D eigenvalue weighted by molar-refractivity contribution is 6.99. The highest BCUT2D eigenvalue weighted by Gasteiger charge is 2.59. The molecule has 3 nitrogen and oxygen atoms in total. The fourth-order valence-electron chi connectivity index (χ4n) is 10.7. The van der Waals surface area contributed by atoms with E-state index in [0.717, 1.165) is 59.1 Å². The molecule has 4 heteroatoms. The summed E-state index contributed by atoms with van der Waals surface area (Å²) in [6, 6.07) is 56.1. The number of aryl methyl sites for hydroxylation is 1. The molecule has 4 bridgehead atoms. The highest BCUT2D eigenvalue weighted by Crippen LogP contribution is 2.67. The predicted octanol–water partition coefficient (Wildman–Crippen LogP) is 10.4. The van der Waals surface area contributed by atoms with Crippen LogP contribution in [0, 0.1) is 5.92 Å². The van der Waals surface area contributed by atoms with E-state index in [-0.39, 0.29) is 12.1 Å². The van der Waals surface area contributed by atoms with Crippen molar-refractivity contribution >= 4 is 61.7 Å². The largest absolute Gasteiger partial charge is 0.458 e. The molecule has 2 unspecified atom stereocenters. The number of fused-ring (bicyclic) bond motifs is 2. The summed E-state index contributed by atoms with van der Waals surface area (Å²) >= 11 is 0. The molecule has 0 N–H and O–H groups in total. The number of hydrogen-bond acceptors (Lipinski definition) is 3. The van der Waals surface area contributed by atoms with Crippen LogP contribution in [0.15, 0.2) is 152 Å². The fraction of sp³-hybridized carbons (Fsp3) is 0.102. The highest BCUT2D eigenvalue weighted by atomic mass is 16.5. The average Bonchev–Trinajstić information content (AvgIpc) is 3.93. The molecule has 2 aliphatic carbocycles. The lowest BCUT2D eigenvalue weighted by Crippen LogP contribution is -2.58. The molecule has 1 spiro atoms. The van der Waals surface area contributed by atoms with Gasteiger partial charge in [0.2, 0.25) is 0 Å². The zero-order valence-corrected chi connectivity index (χ0v) is 29.0. The van der Waals surface area contributed by atoms with Crippen LogP contribution < -0.4 is 30.8 Å². The number of anilines is 3. The van der Waals surface area contributed by atoms with Gasteiger partial charge in [0.1, 0.15) is 23.0 Å². The fourth-order valence-corrected chi connectivity index (χ4v) is 10.7. The summed E-state index contributed by atoms with van der Waals surface area (Å²) in [5.41, 5.74) is 14.1. The first kappa shape index (κ1) is 28.3. The third-order valence-corrected chi connectivity index (χ3v) is 13.0. The summed E-state index contributed by atoms with van der Waals surface area (Å²) in [6.07, 6.45) is 3.35. The molecule has 0 aromatic heterocycles. The van der Waals surface area contributed by atoms with Crippen LogP contribution in [0.4, 0.5) is 17.1 Å². The quantitative estimate of drug-likeness (QED) is 0.174. The lowest BCUT2D eigenvalue weighted by Gasteiger charge is -2.37. The molecule has 0 saturated heterocycles. The van der Waals surface area contributed by atoms with Crippen molar-refractivity contribution in [2.45, 2.75) is 24.7 Å². The Balaban J connectivity index is 1.11. The third-order valence-electron chi connectivity index (χ3n) is 13.0. The third kappa shape index (κ3) is 3.66. The molecule has 8 aromatic rings. The Kier molecular flexibility index (Phi) is 5.34. The first-order valence-electron chi connectivity index (χ1n) is 18.9. The summed E-state index contributed by atoms with van der Waals surface area (Å²) < 4.78 is 13.6. The molecule has 13 rings (SSSR count). The number of ether oxygens (including phenoxy) is 2. The van der Waals surface area contributed by atoms with E-state index in [1.807, 2.05) is 0 Å². The van der Waals surface area contributed by atoms with Gasteiger partial charge in [-0.1, -0.05) is 97.1 Å². The maximum absolute atomic E-state index is 6.94. The minimum atomic E-state index is -0.0591. The van der Waals surface area contributed by atoms with Gasteiger partial charge in [-0.05, 0) is 135 Å². The Labute approximate surface area is 308 Å². The van der Waals surface area contributed by atoms with Crippen LogP contribution in [0.2, 0.25) is 0 Å². The SMILES string of the molecule is c1ccc(N(c2ccccc2)c2ccc3c4c(cccc24)C24CC2CCc2ccc5ccc6c(c5c2)B2c5cc4c-3cc5Oc3cccc(c32)O6)cc1. The van der Waals surface area contributed by atoms with E-state index in [4.69, 9.17) is 9.47 Å². The maximum Gasteiger partial charge on any atom is 0.261 e. The molecule has 1 fully saturated rings. The molecule has 0 amide bonds. The van der Waals surface area contributed by atoms with Gasteiger partial charge in [-0.3, -0.25) is 0 Å². The average molecular weight is 678 g/mol. The van der Waals surface area contributed by atoms with Crippen LogP contribution in [0.25, 0.3) is 32.7 Å². The molecule has 2 atom stereocenters. The molecule has 5 aliphatic rings. The number of benzene rings is 8. The van der Waals surface area contributed by atoms with Crippen molar-refractivity contribution in [3.8, 4) is 34.1 Å². The molecule has 3 heterocycles. The van der Waals surface area contributed by atoms with Crippen molar-refractivity contribution in [1.29, 1.82) is 0 Å². The van der Waals surface area contributed by atoms with Gasteiger partial charge in [0, 0.05) is 27.6 Å². The van der Waals surface area contributed by atoms with E-state index in [2.05, 4.69) is 157 Å². The summed E-state index contributed by atoms with van der Waals surface area (Å²) in [7, 11) is 0. The Bertz CT molecular complexity index is 2860. The monoisotopic (exact) mass is 677 g/mol. The van der Waals surface area contributed by atoms with Crippen molar-refractivity contribution in [1.82, 2.24) is 0 Å². The lowest BCUT2D eigenvalue weighted by atomic mass is 9.34. The van der Waals surface area contributed by atoms with Crippen molar-refractivity contribution in [3.63, 3.8) is 0 Å². The molecule has 0 radical (unpaired) electrons. The second-order valence-electron chi connectivity index (χ2n) is 15.6. The van der Waals surface area contributed by atoms with Gasteiger partial charge in [-0.25, -0.2) is 0 Å². The van der Waals surface area contributed by atoms with E-state index >= 15 is 0 Å². The van der Waals surface area contributed by atoms with Gasteiger partial charge in [0.25, 0.3) is 6.71 Å². The number of para-hydroxylation sites is 2. The first-order valence-corrected chi connectivity index (χ1v) is 18.9. The lowest BCUT2D eigenvalue weighted by molar-refractivity contribution is 0.464. The van der Waals surface area contributed by atoms with Crippen molar-refractivity contribution in [2.75, 3.05) is 4.90 Å². The van der Waals surface area contributed by atoms with Gasteiger partial charge >= 0.3 is 0 Å². The van der Waals surface area contributed by atoms with Gasteiger partial charge in [0.15, 0.2) is 0 Å². The van der Waals surface area contributed by atoms with Crippen LogP contribution in [0.1, 0.15) is 29.5 Å². The van der Waals surface area contributed by atoms with Gasteiger partial charge in [-0.15, -0.1) is 0 Å². The smallest absolute Gasteiger partial charge is 0.261 e. The molecule has 1 saturated carbocycles. The zero-order valence-electron chi connectivity index (χ0n) is 29.0. The maximum atomic E-state index is 6.94. The van der Waals surface area contributed by atoms with Gasteiger partial charge < -0.3 is 14.4 Å². The van der Waals surface area contributed by atoms with Crippen molar-refractivity contribution in [2.24, 2.45) is 5.92 Å². The van der Waals surface area contributed by atoms with Crippen molar-refractivity contribution in [3.05, 3.63) is 168 Å². The van der Waals surface area contributed by atoms with E-state index < -0.39 is 0 Å². The van der Waals surface area contributed by atoms with Crippen LogP contribution in [0.5, 0.6) is 23.0 Å². The summed E-state index contributed by atoms with van der Waals surface area (Å²) in [5.74, 6) is 4.24. The van der Waals surface area contributed by atoms with Gasteiger partial charge in [0.05, 0.1) is 5.69 Å². The minimum absolute atomic E-state index is 0.0245. The topological polar surface area (TPSA) is 21.7 Å². The van der Waals surface area contributed by atoms with Crippen LogP contribution in [0.3, 0.4) is 0 Å². The first-order chi connectivity index (χ1) is 26.2. The number of hydrogen-bond donors (Lipinski definition) is 0. The molecular formula is C49H32BNO2. The number of rotatable bonds is 3. The Morgan fingerprint density at radius 1 is 0.566 bits per heavy atom. The Morgan fingerprint density at radius 3 is 2.11 bits per heavy atom. The second kappa shape index (κ2) is 9.99. The summed E-state index contributed by atoms with van der Waals surface area (Å²) in [5, 5.41) is 5.22. The molecule has 3 aliphatic heterocycles. The second-order valence-corrected chi connectivity index (χ2v) is 15.6. The zero-order chi connectivity index (χ0) is 34.4. The van der Waals surface area contributed by atoms with E-state index in [1.165, 1.54) is 66.0 Å². The molecular weight excluding hydrogens is 645 g/mol. The van der Waals surface area contributed by atoms with E-state index in [0.29, 0.717) is 5.92 Å². The summed E-state index contributed by atoms with van der Waals surface area (Å²) in [6.45, 7) is 0.0245. The van der Waals surface area contributed by atoms with Crippen LogP contribution >= 0.6 is 0 Å². The summed E-state index contributed by atoms with van der Waals surface area (Å²) in [4.78, 5) is 2.42. The minimum Gasteiger partial charge on any atom is -0.458 e. The Hall–Kier alpha value is -6.26. The normalized spacial score (nSPS) is 18.9. The van der Waals surface area contributed by atoms with Crippen molar-refractivity contribution < 1.29 is 9.47 Å². The van der Waals surface area contributed by atoms with E-state index in [1.54, 1.807) is 0 Å². The van der Waals surface area contributed by atoms with Crippen LogP contribution in [-0.2, 0) is 11.8 Å². The van der Waals surface area contributed by atoms with Gasteiger partial charge in [-0.2, -0.15) is 0 Å². The standard InChI is InChI=1S/C49H32BNO2/c1-3-9-32(10-4-1)51(33-11-5-2-6-12-33)41-23-22-34-37-26-45-40-27-39(37)49(38-14-7-13-35(41)46(34)38)28-31(49)21-18-29-17-19-30-20-24-44-47(36(30)25-29)50(40)48-42(52-44)15-8-16-43(48)53-45/h1-17,19-20,22-27,31H,18,21,28H2. The van der Waals surface area contributed by atoms with E-state index in [9.17, 15) is 0 Å². The molecule has 8 aromatic carbocycles. The Morgan fingerprint density at radius 2 is 1.30 bits per heavy atom. The number of nitrogens with zero attached hydrogens (tertiary/aromatic N) is 1. The predicted molar refractivity (Wildman–Crippen MR) is 216 cm³/mol. The van der Waals surface area contributed by atoms with Crippen LogP contribution in [-0.4, -0.2) is 6.71 Å². The molecule has 53 heavy (non-hydrogen) atoms.